The molecule has 3 fully saturated rings. The number of rotatable bonds is 9. The number of allylic oxidation sites excluding steroid dienone is 2. The smallest absolute Gasteiger partial charge is 0.333 e. The molecule has 40 heavy (non-hydrogen) atoms. The fourth-order valence-electron chi connectivity index (χ4n) is 8.35. The van der Waals surface area contributed by atoms with Crippen LogP contribution in [0.25, 0.3) is 0 Å². The van der Waals surface area contributed by atoms with Crippen LogP contribution in [0.2, 0.25) is 0 Å². The molecule has 0 spiro atoms. The van der Waals surface area contributed by atoms with Crippen molar-refractivity contribution in [2.45, 2.75) is 90.4 Å². The molecule has 0 aromatic heterocycles. The van der Waals surface area contributed by atoms with Gasteiger partial charge in [-0.05, 0) is 74.2 Å². The van der Waals surface area contributed by atoms with E-state index in [1.807, 2.05) is 13.0 Å². The van der Waals surface area contributed by atoms with Crippen LogP contribution in [-0.4, -0.2) is 86.5 Å². The first-order chi connectivity index (χ1) is 18.6. The number of fused-ring (bicyclic) bond motifs is 5. The number of hydrogen-bond acceptors (Lipinski definition) is 9. The summed E-state index contributed by atoms with van der Waals surface area (Å²) in [7, 11) is 0. The highest BCUT2D eigenvalue weighted by Crippen LogP contribution is 2.67. The van der Waals surface area contributed by atoms with Gasteiger partial charge in [0.1, 0.15) is 12.2 Å². The number of aliphatic carboxylic acids is 1. The summed E-state index contributed by atoms with van der Waals surface area (Å²) in [6.45, 7) is 6.07. The Morgan fingerprint density at radius 1 is 1.20 bits per heavy atom. The van der Waals surface area contributed by atoms with Gasteiger partial charge >= 0.3 is 5.97 Å². The van der Waals surface area contributed by atoms with Crippen molar-refractivity contribution in [2.24, 2.45) is 39.2 Å². The third kappa shape index (κ3) is 4.99. The molecule has 0 aliphatic heterocycles. The molecule has 0 saturated heterocycles. The Labute approximate surface area is 234 Å². The van der Waals surface area contributed by atoms with Crippen molar-refractivity contribution in [3.63, 3.8) is 0 Å². The lowest BCUT2D eigenvalue weighted by Crippen LogP contribution is -2.62. The maximum absolute atomic E-state index is 12.6. The van der Waals surface area contributed by atoms with Crippen LogP contribution in [0.5, 0.6) is 0 Å². The number of hydrogen-bond donors (Lipinski definition) is 6. The predicted octanol–water partition coefficient (Wildman–Crippen LogP) is 1.17. The number of nitrogens with one attached hydrogen (secondary N) is 1. The molecule has 11 heteroatoms. The number of Topliss-reactive ketones (excluding diaryl/α,β-unsaturated/α-hetero) is 1. The monoisotopic (exact) mass is 564 g/mol. The van der Waals surface area contributed by atoms with E-state index in [0.717, 1.165) is 19.3 Å². The van der Waals surface area contributed by atoms with Crippen molar-refractivity contribution in [2.75, 3.05) is 19.8 Å². The van der Waals surface area contributed by atoms with Crippen molar-refractivity contribution in [1.29, 1.82) is 0 Å². The van der Waals surface area contributed by atoms with Crippen molar-refractivity contribution < 1.29 is 44.8 Å². The summed E-state index contributed by atoms with van der Waals surface area (Å²) in [5.74, 6) is -2.18. The molecule has 4 aliphatic carbocycles. The van der Waals surface area contributed by atoms with Gasteiger partial charge in [0.15, 0.2) is 18.5 Å². The van der Waals surface area contributed by atoms with Crippen LogP contribution in [-0.2, 0) is 19.2 Å². The standard InChI is InChI=1S/C29H44N2O9/c1-26(2,24(36)25(37)38)15-30-22(35)14-40-31-17-7-9-27(3)16(11-17)5-6-18-19-8-10-29(39,21(34)13-32)28(19,4)12-20(33)23(18)27/h11,18-20,23-24,32-33,36,39H,5-10,12-15H2,1-4H3,(H,30,35)(H,37,38)/b31-17-/t18-,19+,20+,23+,24+,27+,28+,29+/m1/s1. The lowest BCUT2D eigenvalue weighted by atomic mass is 9.45. The summed E-state index contributed by atoms with van der Waals surface area (Å²) in [5.41, 5.74) is -1.83. The number of oxime groups is 1. The van der Waals surface area contributed by atoms with E-state index in [2.05, 4.69) is 17.4 Å². The van der Waals surface area contributed by atoms with Crippen LogP contribution in [0.4, 0.5) is 0 Å². The van der Waals surface area contributed by atoms with Crippen LogP contribution in [0.3, 0.4) is 0 Å². The maximum atomic E-state index is 12.6. The third-order valence-corrected chi connectivity index (χ3v) is 10.8. The second-order valence-electron chi connectivity index (χ2n) is 13.5. The summed E-state index contributed by atoms with van der Waals surface area (Å²) in [4.78, 5) is 41.1. The Morgan fingerprint density at radius 2 is 1.90 bits per heavy atom. The van der Waals surface area contributed by atoms with Gasteiger partial charge in [0, 0.05) is 17.4 Å². The maximum Gasteiger partial charge on any atom is 0.333 e. The van der Waals surface area contributed by atoms with Gasteiger partial charge in [-0.25, -0.2) is 4.79 Å². The minimum atomic E-state index is -1.62. The number of carbonyl (C=O) groups excluding carboxylic acids is 2. The van der Waals surface area contributed by atoms with E-state index >= 15 is 0 Å². The molecule has 8 atom stereocenters. The van der Waals surface area contributed by atoms with E-state index in [1.54, 1.807) is 13.8 Å². The molecular weight excluding hydrogens is 520 g/mol. The van der Waals surface area contributed by atoms with Gasteiger partial charge in [-0.2, -0.15) is 0 Å². The molecule has 4 rings (SSSR count). The summed E-state index contributed by atoms with van der Waals surface area (Å²) in [6.07, 6.45) is 3.96. The number of aliphatic hydroxyl groups is 4. The number of carboxylic acids is 1. The van der Waals surface area contributed by atoms with Crippen LogP contribution >= 0.6 is 0 Å². The highest BCUT2D eigenvalue weighted by Gasteiger charge is 2.68. The Kier molecular flexibility index (Phi) is 8.28. The summed E-state index contributed by atoms with van der Waals surface area (Å²) in [5, 5.41) is 57.9. The number of nitrogens with zero attached hydrogens (tertiary/aromatic N) is 1. The lowest BCUT2D eigenvalue weighted by Gasteiger charge is -2.60. The Hall–Kier alpha value is -2.34. The highest BCUT2D eigenvalue weighted by molar-refractivity contribution is 5.96. The van der Waals surface area contributed by atoms with Crippen molar-refractivity contribution in [3.8, 4) is 0 Å². The molecular formula is C29H44N2O9. The Bertz CT molecular complexity index is 1100. The first kappa shape index (κ1) is 30.6. The number of carbonyl (C=O) groups is 3. The van der Waals surface area contributed by atoms with Gasteiger partial charge < -0.3 is 35.7 Å². The van der Waals surface area contributed by atoms with Crippen molar-refractivity contribution in [1.82, 2.24) is 5.32 Å². The third-order valence-electron chi connectivity index (χ3n) is 10.8. The van der Waals surface area contributed by atoms with Gasteiger partial charge in [0.2, 0.25) is 0 Å². The highest BCUT2D eigenvalue weighted by atomic mass is 16.6. The van der Waals surface area contributed by atoms with Gasteiger partial charge in [-0.1, -0.05) is 38.4 Å². The topological polar surface area (TPSA) is 186 Å². The number of amides is 1. The van der Waals surface area contributed by atoms with Gasteiger partial charge in [0.05, 0.1) is 11.8 Å². The second-order valence-corrected chi connectivity index (χ2v) is 13.5. The fraction of sp³-hybridized carbons (Fsp3) is 0.793. The molecule has 0 aromatic rings. The summed E-state index contributed by atoms with van der Waals surface area (Å²) >= 11 is 0. The van der Waals surface area contributed by atoms with Crippen LogP contribution < -0.4 is 5.32 Å². The predicted molar refractivity (Wildman–Crippen MR) is 144 cm³/mol. The molecule has 11 nitrogen and oxygen atoms in total. The normalized spacial score (nSPS) is 38.9. The van der Waals surface area contributed by atoms with E-state index < -0.39 is 52.9 Å². The Morgan fingerprint density at radius 3 is 2.55 bits per heavy atom. The number of aliphatic hydroxyl groups excluding tert-OH is 3. The minimum absolute atomic E-state index is 0.0186. The molecule has 3 saturated carbocycles. The average molecular weight is 565 g/mol. The van der Waals surface area contributed by atoms with Gasteiger partial charge in [-0.3, -0.25) is 9.59 Å². The van der Waals surface area contributed by atoms with Crippen molar-refractivity contribution in [3.05, 3.63) is 11.6 Å². The number of carboxylic acid groups (broad SMARTS) is 1. The largest absolute Gasteiger partial charge is 0.479 e. The molecule has 0 unspecified atom stereocenters. The lowest BCUT2D eigenvalue weighted by molar-refractivity contribution is -0.181. The first-order valence-electron chi connectivity index (χ1n) is 14.2. The van der Waals surface area contributed by atoms with E-state index in [1.165, 1.54) is 5.57 Å². The molecule has 0 radical (unpaired) electrons. The van der Waals surface area contributed by atoms with Crippen LogP contribution in [0.15, 0.2) is 16.8 Å². The zero-order valence-corrected chi connectivity index (χ0v) is 23.9. The molecule has 1 amide bonds. The first-order valence-corrected chi connectivity index (χ1v) is 14.2. The molecule has 0 heterocycles. The fourth-order valence-corrected chi connectivity index (χ4v) is 8.35. The molecule has 0 bridgehead atoms. The average Bonchev–Trinajstić information content (AvgIpc) is 3.17. The van der Waals surface area contributed by atoms with Gasteiger partial charge in [0.25, 0.3) is 5.91 Å². The van der Waals surface area contributed by atoms with E-state index in [0.29, 0.717) is 31.4 Å². The Balaban J connectivity index is 1.41. The zero-order valence-electron chi connectivity index (χ0n) is 23.9. The SMILES string of the molecule is CC(C)(CNC(=O)CO/N=C1\C=C2CC[C@H]3[C@@H]([C@@H](O)C[C@@]4(C)[C@H]3CC[C@]4(O)C(=O)CO)[C@@]2(C)CC1)[C@@H](O)C(=O)O. The summed E-state index contributed by atoms with van der Waals surface area (Å²) < 4.78 is 0. The molecule has 6 N–H and O–H groups in total. The minimum Gasteiger partial charge on any atom is -0.479 e. The molecule has 224 valence electrons. The van der Waals surface area contributed by atoms with E-state index in [9.17, 15) is 34.8 Å². The zero-order chi connectivity index (χ0) is 29.7. The summed E-state index contributed by atoms with van der Waals surface area (Å²) in [6, 6.07) is 0. The van der Waals surface area contributed by atoms with E-state index in [4.69, 9.17) is 9.94 Å². The molecule has 4 aliphatic rings. The van der Waals surface area contributed by atoms with Crippen molar-refractivity contribution >= 4 is 23.4 Å². The quantitative estimate of drug-likeness (QED) is 0.224. The second kappa shape index (κ2) is 10.8. The number of ketones is 1. The molecule has 0 aromatic carbocycles. The van der Waals surface area contributed by atoms with Gasteiger partial charge in [-0.15, -0.1) is 0 Å². The van der Waals surface area contributed by atoms with E-state index in [-0.39, 0.29) is 36.3 Å². The van der Waals surface area contributed by atoms with Crippen LogP contribution in [0, 0.1) is 34.0 Å². The van der Waals surface area contributed by atoms with Crippen LogP contribution in [0.1, 0.15) is 72.6 Å².